The number of ether oxygens (including phenoxy) is 1. The summed E-state index contributed by atoms with van der Waals surface area (Å²) in [5, 5.41) is 7.73. The van der Waals surface area contributed by atoms with Gasteiger partial charge in [0.25, 0.3) is 0 Å². The predicted molar refractivity (Wildman–Crippen MR) is 84.8 cm³/mol. The number of benzene rings is 1. The summed E-state index contributed by atoms with van der Waals surface area (Å²) < 4.78 is 4.82. The molecule has 0 radical (unpaired) electrons. The first kappa shape index (κ1) is 17.0. The standard InChI is InChI=1S/C16H21N3O4/c1-23-14(21)16(9-5-6-10-16)17-11-13(20)19-15(22)18-12-7-3-2-4-8-12/h2-4,7-8,17H,5-6,9-11H2,1H3,(H2,18,19,20,22). The molecule has 3 N–H and O–H groups in total. The monoisotopic (exact) mass is 319 g/mol. The van der Waals surface area contributed by atoms with Gasteiger partial charge in [0.1, 0.15) is 5.54 Å². The van der Waals surface area contributed by atoms with Crippen LogP contribution in [0.2, 0.25) is 0 Å². The molecule has 3 amide bonds. The minimum Gasteiger partial charge on any atom is -0.468 e. The smallest absolute Gasteiger partial charge is 0.326 e. The number of nitrogens with one attached hydrogen (secondary N) is 3. The van der Waals surface area contributed by atoms with Crippen molar-refractivity contribution < 1.29 is 19.1 Å². The van der Waals surface area contributed by atoms with Gasteiger partial charge in [0.05, 0.1) is 13.7 Å². The van der Waals surface area contributed by atoms with Gasteiger partial charge in [-0.05, 0) is 25.0 Å². The molecule has 0 heterocycles. The summed E-state index contributed by atoms with van der Waals surface area (Å²) in [4.78, 5) is 35.5. The van der Waals surface area contributed by atoms with Crippen molar-refractivity contribution in [2.24, 2.45) is 0 Å². The summed E-state index contributed by atoms with van der Waals surface area (Å²) in [6, 6.07) is 8.20. The number of rotatable bonds is 5. The number of hydrogen-bond acceptors (Lipinski definition) is 5. The molecule has 0 aliphatic heterocycles. The largest absolute Gasteiger partial charge is 0.468 e. The van der Waals surface area contributed by atoms with E-state index in [2.05, 4.69) is 16.0 Å². The second-order valence-electron chi connectivity index (χ2n) is 5.50. The highest BCUT2D eigenvalue weighted by Crippen LogP contribution is 2.30. The van der Waals surface area contributed by atoms with E-state index in [1.807, 2.05) is 6.07 Å². The summed E-state index contributed by atoms with van der Waals surface area (Å²) >= 11 is 0. The van der Waals surface area contributed by atoms with E-state index < -0.39 is 17.5 Å². The highest BCUT2D eigenvalue weighted by atomic mass is 16.5. The summed E-state index contributed by atoms with van der Waals surface area (Å²) in [5.41, 5.74) is -0.227. The van der Waals surface area contributed by atoms with Crippen LogP contribution in [0, 0.1) is 0 Å². The summed E-state index contributed by atoms with van der Waals surface area (Å²) in [6.45, 7) is -0.128. The number of carbonyl (C=O) groups excluding carboxylic acids is 3. The SMILES string of the molecule is COC(=O)C1(NCC(=O)NC(=O)Nc2ccccc2)CCCC1. The molecule has 1 aromatic rings. The van der Waals surface area contributed by atoms with Crippen LogP contribution in [-0.4, -0.2) is 37.1 Å². The van der Waals surface area contributed by atoms with Crippen LogP contribution in [0.5, 0.6) is 0 Å². The topological polar surface area (TPSA) is 96.5 Å². The average Bonchev–Trinajstić information content (AvgIpc) is 3.03. The Hall–Kier alpha value is -2.41. The van der Waals surface area contributed by atoms with Gasteiger partial charge in [0.15, 0.2) is 0 Å². The van der Waals surface area contributed by atoms with Gasteiger partial charge >= 0.3 is 12.0 Å². The molecular weight excluding hydrogens is 298 g/mol. The number of methoxy groups -OCH3 is 1. The van der Waals surface area contributed by atoms with Gasteiger partial charge in [-0.15, -0.1) is 0 Å². The minimum atomic E-state index is -0.817. The molecule has 2 rings (SSSR count). The van der Waals surface area contributed by atoms with Crippen molar-refractivity contribution in [2.75, 3.05) is 19.0 Å². The molecule has 0 aromatic heterocycles. The summed E-state index contributed by atoms with van der Waals surface area (Å²) in [5.74, 6) is -0.870. The number of carbonyl (C=O) groups is 3. The van der Waals surface area contributed by atoms with Crippen molar-refractivity contribution >= 4 is 23.6 Å². The zero-order chi connectivity index (χ0) is 16.7. The van der Waals surface area contributed by atoms with Gasteiger partial charge in [-0.3, -0.25) is 20.2 Å². The molecule has 1 saturated carbocycles. The second kappa shape index (κ2) is 7.73. The predicted octanol–water partition coefficient (Wildman–Crippen LogP) is 1.41. The zero-order valence-corrected chi connectivity index (χ0v) is 13.1. The number of para-hydroxylation sites is 1. The average molecular weight is 319 g/mol. The lowest BCUT2D eigenvalue weighted by Gasteiger charge is -2.26. The van der Waals surface area contributed by atoms with Gasteiger partial charge in [0, 0.05) is 5.69 Å². The number of amides is 3. The maximum absolute atomic E-state index is 11.9. The Kier molecular flexibility index (Phi) is 5.70. The Labute approximate surface area is 134 Å². The van der Waals surface area contributed by atoms with E-state index in [1.54, 1.807) is 24.3 Å². The fourth-order valence-electron chi connectivity index (χ4n) is 2.73. The normalized spacial score (nSPS) is 15.7. The lowest BCUT2D eigenvalue weighted by molar-refractivity contribution is -0.148. The fraction of sp³-hybridized carbons (Fsp3) is 0.438. The third-order valence-electron chi connectivity index (χ3n) is 3.91. The molecule has 7 nitrogen and oxygen atoms in total. The van der Waals surface area contributed by atoms with Gasteiger partial charge in [-0.25, -0.2) is 4.79 Å². The molecule has 1 aliphatic carbocycles. The molecule has 0 unspecified atom stereocenters. The lowest BCUT2D eigenvalue weighted by Crippen LogP contribution is -2.54. The first-order valence-electron chi connectivity index (χ1n) is 7.55. The minimum absolute atomic E-state index is 0.128. The van der Waals surface area contributed by atoms with Crippen LogP contribution >= 0.6 is 0 Å². The number of anilines is 1. The number of urea groups is 1. The van der Waals surface area contributed by atoms with Crippen LogP contribution in [0.3, 0.4) is 0 Å². The molecule has 7 heteroatoms. The molecular formula is C16H21N3O4. The van der Waals surface area contributed by atoms with Crippen LogP contribution in [0.1, 0.15) is 25.7 Å². The van der Waals surface area contributed by atoms with Crippen molar-refractivity contribution in [3.05, 3.63) is 30.3 Å². The van der Waals surface area contributed by atoms with Crippen LogP contribution in [-0.2, 0) is 14.3 Å². The third-order valence-corrected chi connectivity index (χ3v) is 3.91. The van der Waals surface area contributed by atoms with Gasteiger partial charge in [-0.2, -0.15) is 0 Å². The van der Waals surface area contributed by atoms with Crippen molar-refractivity contribution in [1.82, 2.24) is 10.6 Å². The Morgan fingerprint density at radius 1 is 1.13 bits per heavy atom. The van der Waals surface area contributed by atoms with Crippen molar-refractivity contribution in [3.8, 4) is 0 Å². The Bertz CT molecular complexity index is 568. The molecule has 0 atom stereocenters. The highest BCUT2D eigenvalue weighted by Gasteiger charge is 2.42. The first-order valence-corrected chi connectivity index (χ1v) is 7.55. The maximum Gasteiger partial charge on any atom is 0.326 e. The second-order valence-corrected chi connectivity index (χ2v) is 5.50. The van der Waals surface area contributed by atoms with Gasteiger partial charge in [-0.1, -0.05) is 31.0 Å². The Balaban J connectivity index is 1.82. The van der Waals surface area contributed by atoms with E-state index in [1.165, 1.54) is 7.11 Å². The summed E-state index contributed by atoms with van der Waals surface area (Å²) in [7, 11) is 1.33. The molecule has 124 valence electrons. The first-order chi connectivity index (χ1) is 11.1. The zero-order valence-electron chi connectivity index (χ0n) is 13.1. The number of hydrogen-bond donors (Lipinski definition) is 3. The summed E-state index contributed by atoms with van der Waals surface area (Å²) in [6.07, 6.45) is 3.06. The van der Waals surface area contributed by atoms with Gasteiger partial charge in [0.2, 0.25) is 5.91 Å². The van der Waals surface area contributed by atoms with Crippen molar-refractivity contribution in [3.63, 3.8) is 0 Å². The molecule has 0 bridgehead atoms. The molecule has 23 heavy (non-hydrogen) atoms. The third kappa shape index (κ3) is 4.53. The van der Waals surface area contributed by atoms with Crippen LogP contribution in [0.25, 0.3) is 0 Å². The molecule has 1 aromatic carbocycles. The highest BCUT2D eigenvalue weighted by molar-refractivity contribution is 6.01. The quantitative estimate of drug-likeness (QED) is 0.713. The molecule has 1 fully saturated rings. The van der Waals surface area contributed by atoms with E-state index >= 15 is 0 Å². The maximum atomic E-state index is 11.9. The fourth-order valence-corrected chi connectivity index (χ4v) is 2.73. The van der Waals surface area contributed by atoms with E-state index in [4.69, 9.17) is 4.74 Å². The van der Waals surface area contributed by atoms with Crippen LogP contribution in [0.15, 0.2) is 30.3 Å². The number of imide groups is 1. The Morgan fingerprint density at radius 2 is 1.78 bits per heavy atom. The van der Waals surface area contributed by atoms with Crippen molar-refractivity contribution in [2.45, 2.75) is 31.2 Å². The van der Waals surface area contributed by atoms with E-state index in [0.717, 1.165) is 12.8 Å². The van der Waals surface area contributed by atoms with Crippen molar-refractivity contribution in [1.29, 1.82) is 0 Å². The van der Waals surface area contributed by atoms with E-state index in [-0.39, 0.29) is 12.5 Å². The number of esters is 1. The van der Waals surface area contributed by atoms with Crippen LogP contribution in [0.4, 0.5) is 10.5 Å². The molecule has 0 spiro atoms. The Morgan fingerprint density at radius 3 is 2.39 bits per heavy atom. The van der Waals surface area contributed by atoms with E-state index in [9.17, 15) is 14.4 Å². The lowest BCUT2D eigenvalue weighted by atomic mass is 9.98. The van der Waals surface area contributed by atoms with Gasteiger partial charge < -0.3 is 10.1 Å². The van der Waals surface area contributed by atoms with Crippen LogP contribution < -0.4 is 16.0 Å². The van der Waals surface area contributed by atoms with E-state index in [0.29, 0.717) is 18.5 Å². The molecule has 0 saturated heterocycles. The molecule has 1 aliphatic rings.